The van der Waals surface area contributed by atoms with Crippen molar-refractivity contribution in [3.63, 3.8) is 0 Å². The lowest BCUT2D eigenvalue weighted by Crippen LogP contribution is -2.34. The molecule has 0 bridgehead atoms. The summed E-state index contributed by atoms with van der Waals surface area (Å²) < 4.78 is 5.13. The van der Waals surface area contributed by atoms with Gasteiger partial charge in [0.25, 0.3) is 0 Å². The minimum Gasteiger partial charge on any atom is -0.497 e. The summed E-state index contributed by atoms with van der Waals surface area (Å²) in [5.41, 5.74) is 7.46. The average Bonchev–Trinajstić information content (AvgIpc) is 2.98. The van der Waals surface area contributed by atoms with Crippen LogP contribution in [0.25, 0.3) is 0 Å². The first-order valence-corrected chi connectivity index (χ1v) is 7.27. The van der Waals surface area contributed by atoms with Gasteiger partial charge in [0.05, 0.1) is 7.11 Å². The van der Waals surface area contributed by atoms with Crippen LogP contribution in [0.1, 0.15) is 30.1 Å². The maximum Gasteiger partial charge on any atom is 0.239 e. The van der Waals surface area contributed by atoms with E-state index in [4.69, 9.17) is 10.5 Å². The molecule has 20 heavy (non-hydrogen) atoms. The second-order valence-electron chi connectivity index (χ2n) is 4.55. The predicted molar refractivity (Wildman–Crippen MR) is 80.8 cm³/mol. The molecule has 0 saturated carbocycles. The van der Waals surface area contributed by atoms with Gasteiger partial charge in [-0.15, -0.1) is 0 Å². The highest BCUT2D eigenvalue weighted by molar-refractivity contribution is 7.08. The van der Waals surface area contributed by atoms with Gasteiger partial charge in [0, 0.05) is 6.04 Å². The van der Waals surface area contributed by atoms with E-state index in [0.717, 1.165) is 16.9 Å². The molecule has 0 aliphatic carbocycles. The zero-order chi connectivity index (χ0) is 14.5. The van der Waals surface area contributed by atoms with E-state index in [1.807, 2.05) is 48.0 Å². The number of hydrogen-bond acceptors (Lipinski definition) is 4. The number of rotatable bonds is 6. The Hall–Kier alpha value is -1.85. The van der Waals surface area contributed by atoms with Gasteiger partial charge in [-0.25, -0.2) is 0 Å². The molecule has 1 aromatic heterocycles. The fourth-order valence-corrected chi connectivity index (χ4v) is 2.71. The number of carbonyl (C=O) groups excluding carboxylic acids is 1. The number of primary amides is 1. The maximum absolute atomic E-state index is 11.6. The van der Waals surface area contributed by atoms with E-state index in [2.05, 4.69) is 5.32 Å². The fraction of sp³-hybridized carbons (Fsp3) is 0.267. The normalized spacial score (nSPS) is 13.7. The minimum absolute atomic E-state index is 0.0123. The molecule has 2 aromatic rings. The largest absolute Gasteiger partial charge is 0.497 e. The molecule has 2 rings (SSSR count). The Morgan fingerprint density at radius 3 is 2.45 bits per heavy atom. The third kappa shape index (κ3) is 3.37. The fourth-order valence-electron chi connectivity index (χ4n) is 2.02. The zero-order valence-corrected chi connectivity index (χ0v) is 12.3. The highest BCUT2D eigenvalue weighted by Gasteiger charge is 2.20. The van der Waals surface area contributed by atoms with Gasteiger partial charge in [0.1, 0.15) is 11.8 Å². The first kappa shape index (κ1) is 14.6. The molecule has 0 radical (unpaired) electrons. The molecule has 0 aliphatic rings. The van der Waals surface area contributed by atoms with Crippen LogP contribution in [-0.2, 0) is 4.79 Å². The van der Waals surface area contributed by atoms with Crippen molar-refractivity contribution < 1.29 is 9.53 Å². The van der Waals surface area contributed by atoms with Gasteiger partial charge in [-0.1, -0.05) is 12.1 Å². The Morgan fingerprint density at radius 1 is 1.25 bits per heavy atom. The van der Waals surface area contributed by atoms with Gasteiger partial charge >= 0.3 is 0 Å². The zero-order valence-electron chi connectivity index (χ0n) is 11.5. The Balaban J connectivity index is 2.11. The number of thiophene rings is 1. The summed E-state index contributed by atoms with van der Waals surface area (Å²) in [7, 11) is 1.64. The molecule has 4 nitrogen and oxygen atoms in total. The van der Waals surface area contributed by atoms with Crippen LogP contribution in [0.2, 0.25) is 0 Å². The van der Waals surface area contributed by atoms with Crippen LogP contribution in [0.15, 0.2) is 41.1 Å². The average molecular weight is 290 g/mol. The lowest BCUT2D eigenvalue weighted by Gasteiger charge is -2.21. The van der Waals surface area contributed by atoms with Gasteiger partial charge in [-0.3, -0.25) is 10.1 Å². The van der Waals surface area contributed by atoms with Crippen LogP contribution in [0, 0.1) is 0 Å². The Bertz CT molecular complexity index is 552. The molecule has 1 amide bonds. The number of nitrogens with one attached hydrogen (secondary N) is 1. The molecule has 0 aliphatic heterocycles. The van der Waals surface area contributed by atoms with Crippen molar-refractivity contribution in [3.8, 4) is 5.75 Å². The highest BCUT2D eigenvalue weighted by atomic mass is 32.1. The number of benzene rings is 1. The van der Waals surface area contributed by atoms with Crippen LogP contribution in [0.5, 0.6) is 5.75 Å². The smallest absolute Gasteiger partial charge is 0.239 e. The second-order valence-corrected chi connectivity index (χ2v) is 5.33. The number of carbonyl (C=O) groups is 1. The summed E-state index contributed by atoms with van der Waals surface area (Å²) >= 11 is 1.55. The SMILES string of the molecule is COc1ccc([C@@H](C)N[C@@H](C(N)=O)c2ccsc2)cc1. The summed E-state index contributed by atoms with van der Waals surface area (Å²) in [6.07, 6.45) is 0. The molecule has 5 heteroatoms. The molecule has 1 aromatic carbocycles. The molecule has 0 saturated heterocycles. The van der Waals surface area contributed by atoms with E-state index in [1.54, 1.807) is 18.4 Å². The van der Waals surface area contributed by atoms with E-state index in [1.165, 1.54) is 0 Å². The van der Waals surface area contributed by atoms with Gasteiger partial charge in [-0.2, -0.15) is 11.3 Å². The second kappa shape index (κ2) is 6.54. The third-order valence-corrected chi connectivity index (χ3v) is 3.89. The topological polar surface area (TPSA) is 64.3 Å². The van der Waals surface area contributed by atoms with Crippen LogP contribution in [0.4, 0.5) is 0 Å². The Morgan fingerprint density at radius 2 is 1.95 bits per heavy atom. The molecule has 2 atom stereocenters. The van der Waals surface area contributed by atoms with Gasteiger partial charge in [-0.05, 0) is 47.0 Å². The molecule has 0 unspecified atom stereocenters. The van der Waals surface area contributed by atoms with E-state index in [9.17, 15) is 4.79 Å². The van der Waals surface area contributed by atoms with Gasteiger partial charge < -0.3 is 10.5 Å². The summed E-state index contributed by atoms with van der Waals surface area (Å²) in [5.74, 6) is 0.439. The molecule has 106 valence electrons. The molecular formula is C15H18N2O2S. The van der Waals surface area contributed by atoms with Crippen LogP contribution in [-0.4, -0.2) is 13.0 Å². The summed E-state index contributed by atoms with van der Waals surface area (Å²) in [4.78, 5) is 11.6. The van der Waals surface area contributed by atoms with Gasteiger partial charge in [0.2, 0.25) is 5.91 Å². The highest BCUT2D eigenvalue weighted by Crippen LogP contribution is 2.22. The van der Waals surface area contributed by atoms with Gasteiger partial charge in [0.15, 0.2) is 0 Å². The van der Waals surface area contributed by atoms with Crippen molar-refractivity contribution in [3.05, 3.63) is 52.2 Å². The number of nitrogens with two attached hydrogens (primary N) is 1. The molecular weight excluding hydrogens is 272 g/mol. The minimum atomic E-state index is -0.474. The Kier molecular flexibility index (Phi) is 4.76. The van der Waals surface area contributed by atoms with E-state index in [-0.39, 0.29) is 11.9 Å². The number of amides is 1. The van der Waals surface area contributed by atoms with Crippen molar-refractivity contribution in [1.82, 2.24) is 5.32 Å². The van der Waals surface area contributed by atoms with E-state index < -0.39 is 6.04 Å². The molecule has 3 N–H and O–H groups in total. The lowest BCUT2D eigenvalue weighted by molar-refractivity contribution is -0.120. The molecule has 0 spiro atoms. The van der Waals surface area contributed by atoms with Crippen LogP contribution in [0.3, 0.4) is 0 Å². The van der Waals surface area contributed by atoms with Crippen molar-refractivity contribution in [2.75, 3.05) is 7.11 Å². The first-order chi connectivity index (χ1) is 9.61. The van der Waals surface area contributed by atoms with Crippen molar-refractivity contribution in [2.45, 2.75) is 19.0 Å². The monoisotopic (exact) mass is 290 g/mol. The maximum atomic E-state index is 11.6. The third-order valence-electron chi connectivity index (χ3n) is 3.19. The summed E-state index contributed by atoms with van der Waals surface area (Å²) in [5, 5.41) is 7.13. The standard InChI is InChI=1S/C15H18N2O2S/c1-10(11-3-5-13(19-2)6-4-11)17-14(15(16)18)12-7-8-20-9-12/h3-10,14,17H,1-2H3,(H2,16,18)/t10-,14-/m1/s1. The van der Waals surface area contributed by atoms with Crippen molar-refractivity contribution >= 4 is 17.2 Å². The predicted octanol–water partition coefficient (Wildman–Crippen LogP) is 2.63. The van der Waals surface area contributed by atoms with E-state index >= 15 is 0 Å². The van der Waals surface area contributed by atoms with Crippen molar-refractivity contribution in [1.29, 1.82) is 0 Å². The summed E-state index contributed by atoms with van der Waals surface area (Å²) in [6.45, 7) is 2.00. The molecule has 0 fully saturated rings. The van der Waals surface area contributed by atoms with Crippen LogP contribution < -0.4 is 15.8 Å². The first-order valence-electron chi connectivity index (χ1n) is 6.33. The Labute approximate surface area is 122 Å². The number of methoxy groups -OCH3 is 1. The quantitative estimate of drug-likeness (QED) is 0.859. The van der Waals surface area contributed by atoms with E-state index in [0.29, 0.717) is 0 Å². The van der Waals surface area contributed by atoms with Crippen LogP contribution >= 0.6 is 11.3 Å². The number of ether oxygens (including phenoxy) is 1. The molecule has 1 heterocycles. The summed E-state index contributed by atoms with van der Waals surface area (Å²) in [6, 6.07) is 9.20. The van der Waals surface area contributed by atoms with Crippen molar-refractivity contribution in [2.24, 2.45) is 5.73 Å². The lowest BCUT2D eigenvalue weighted by atomic mass is 10.0. The number of hydrogen-bond donors (Lipinski definition) is 2.